The summed E-state index contributed by atoms with van der Waals surface area (Å²) in [5.74, 6) is 0.0906. The number of ether oxygens (including phenoxy) is 1. The number of carbonyl (C=O) groups excluding carboxylic acids is 1. The fraction of sp³-hybridized carbons (Fsp3) is 0.727. The second-order valence-electron chi connectivity index (χ2n) is 5.07. The quantitative estimate of drug-likeness (QED) is 0.765. The first-order valence-electron chi connectivity index (χ1n) is 5.59. The Bertz CT molecular complexity index is 404. The minimum atomic E-state index is -0.527. The Balaban J connectivity index is 2.99. The Morgan fingerprint density at radius 3 is 2.47 bits per heavy atom. The standard InChI is InChI=1S/C11H20N4O2/c1-6-17-8(16)7-13-9(15-14-7)10(2,3)11(4,5)12/h6,12H2,1-5H3,(H,13,14,15). The fourth-order valence-electron chi connectivity index (χ4n) is 1.13. The number of carbonyl (C=O) groups is 1. The maximum atomic E-state index is 11.4. The van der Waals surface area contributed by atoms with Crippen molar-refractivity contribution < 1.29 is 9.53 Å². The van der Waals surface area contributed by atoms with Crippen LogP contribution in [0.2, 0.25) is 0 Å². The minimum Gasteiger partial charge on any atom is -0.460 e. The minimum absolute atomic E-state index is 0.0409. The number of rotatable bonds is 4. The first-order chi connectivity index (χ1) is 7.70. The molecule has 0 aliphatic heterocycles. The lowest BCUT2D eigenvalue weighted by molar-refractivity contribution is 0.0512. The first-order valence-corrected chi connectivity index (χ1v) is 5.59. The number of esters is 1. The number of nitrogens with zero attached hydrogens (tertiary/aromatic N) is 2. The SMILES string of the molecule is CCOC(=O)c1n[nH]c(C(C)(C)C(C)(C)N)n1. The van der Waals surface area contributed by atoms with E-state index in [9.17, 15) is 4.79 Å². The third-order valence-corrected chi connectivity index (χ3v) is 3.15. The summed E-state index contributed by atoms with van der Waals surface area (Å²) in [6, 6.07) is 0. The van der Waals surface area contributed by atoms with E-state index in [1.807, 2.05) is 27.7 Å². The Labute approximate surface area is 101 Å². The van der Waals surface area contributed by atoms with Crippen LogP contribution >= 0.6 is 0 Å². The number of aromatic amines is 1. The van der Waals surface area contributed by atoms with Gasteiger partial charge in [0.25, 0.3) is 5.82 Å². The maximum Gasteiger partial charge on any atom is 0.378 e. The van der Waals surface area contributed by atoms with E-state index >= 15 is 0 Å². The first kappa shape index (κ1) is 13.6. The number of H-pyrrole nitrogens is 1. The van der Waals surface area contributed by atoms with Gasteiger partial charge in [-0.1, -0.05) is 13.8 Å². The highest BCUT2D eigenvalue weighted by Gasteiger charge is 2.38. The highest BCUT2D eigenvalue weighted by Crippen LogP contribution is 2.30. The van der Waals surface area contributed by atoms with Gasteiger partial charge >= 0.3 is 5.97 Å². The van der Waals surface area contributed by atoms with Gasteiger partial charge in [-0.2, -0.15) is 0 Å². The van der Waals surface area contributed by atoms with Crippen molar-refractivity contribution in [2.75, 3.05) is 6.61 Å². The highest BCUT2D eigenvalue weighted by atomic mass is 16.5. The van der Waals surface area contributed by atoms with Crippen LogP contribution in [-0.2, 0) is 10.2 Å². The molecule has 0 fully saturated rings. The van der Waals surface area contributed by atoms with E-state index < -0.39 is 16.9 Å². The summed E-state index contributed by atoms with van der Waals surface area (Å²) in [6.07, 6.45) is 0. The summed E-state index contributed by atoms with van der Waals surface area (Å²) < 4.78 is 4.82. The summed E-state index contributed by atoms with van der Waals surface area (Å²) in [6.45, 7) is 9.73. The van der Waals surface area contributed by atoms with Crippen molar-refractivity contribution in [2.45, 2.75) is 45.6 Å². The molecule has 1 aromatic rings. The predicted molar refractivity (Wildman–Crippen MR) is 63.6 cm³/mol. The van der Waals surface area contributed by atoms with Gasteiger partial charge in [-0.05, 0) is 20.8 Å². The molecule has 0 aromatic carbocycles. The zero-order valence-corrected chi connectivity index (χ0v) is 11.0. The molecular formula is C11H20N4O2. The van der Waals surface area contributed by atoms with Crippen LogP contribution in [0, 0.1) is 0 Å². The maximum absolute atomic E-state index is 11.4. The molecule has 0 atom stereocenters. The molecule has 0 radical (unpaired) electrons. The van der Waals surface area contributed by atoms with Crippen molar-refractivity contribution in [3.8, 4) is 0 Å². The van der Waals surface area contributed by atoms with Gasteiger partial charge in [0.05, 0.1) is 6.61 Å². The summed E-state index contributed by atoms with van der Waals surface area (Å²) >= 11 is 0. The van der Waals surface area contributed by atoms with Crippen LogP contribution in [0.5, 0.6) is 0 Å². The van der Waals surface area contributed by atoms with E-state index in [-0.39, 0.29) is 5.82 Å². The van der Waals surface area contributed by atoms with Crippen molar-refractivity contribution in [3.05, 3.63) is 11.6 Å². The summed E-state index contributed by atoms with van der Waals surface area (Å²) in [4.78, 5) is 15.6. The molecule has 96 valence electrons. The molecule has 0 saturated heterocycles. The summed E-state index contributed by atoms with van der Waals surface area (Å²) in [7, 11) is 0. The normalized spacial score (nSPS) is 12.6. The molecule has 6 nitrogen and oxygen atoms in total. The van der Waals surface area contributed by atoms with Gasteiger partial charge in [-0.3, -0.25) is 5.10 Å². The van der Waals surface area contributed by atoms with Gasteiger partial charge in [-0.15, -0.1) is 5.10 Å². The van der Waals surface area contributed by atoms with E-state index in [4.69, 9.17) is 10.5 Å². The Hall–Kier alpha value is -1.43. The number of hydrogen-bond acceptors (Lipinski definition) is 5. The van der Waals surface area contributed by atoms with Crippen LogP contribution in [0.1, 0.15) is 51.1 Å². The lowest BCUT2D eigenvalue weighted by Gasteiger charge is -2.36. The third kappa shape index (κ3) is 2.63. The summed E-state index contributed by atoms with van der Waals surface area (Å²) in [5, 5.41) is 6.60. The molecule has 1 aromatic heterocycles. The second kappa shape index (κ2) is 4.44. The lowest BCUT2D eigenvalue weighted by atomic mass is 9.75. The van der Waals surface area contributed by atoms with E-state index in [1.54, 1.807) is 6.92 Å². The number of nitrogens with two attached hydrogens (primary N) is 1. The number of hydrogen-bond donors (Lipinski definition) is 2. The predicted octanol–water partition coefficient (Wildman–Crippen LogP) is 0.996. The van der Waals surface area contributed by atoms with Crippen LogP contribution in [0.3, 0.4) is 0 Å². The Kier molecular flexibility index (Phi) is 3.56. The molecule has 1 rings (SSSR count). The molecule has 0 bridgehead atoms. The topological polar surface area (TPSA) is 93.9 Å². The van der Waals surface area contributed by atoms with Gasteiger partial charge in [-0.25, -0.2) is 9.78 Å². The van der Waals surface area contributed by atoms with Crippen molar-refractivity contribution >= 4 is 5.97 Å². The Morgan fingerprint density at radius 2 is 2.00 bits per heavy atom. The molecule has 0 amide bonds. The molecule has 0 aliphatic rings. The van der Waals surface area contributed by atoms with Gasteiger partial charge < -0.3 is 10.5 Å². The van der Waals surface area contributed by atoms with E-state index in [0.717, 1.165) is 0 Å². The zero-order chi connectivity index (χ0) is 13.3. The number of nitrogens with one attached hydrogen (secondary N) is 1. The molecular weight excluding hydrogens is 220 g/mol. The van der Waals surface area contributed by atoms with E-state index in [2.05, 4.69) is 15.2 Å². The summed E-state index contributed by atoms with van der Waals surface area (Å²) in [5.41, 5.74) is 5.17. The lowest BCUT2D eigenvalue weighted by Crippen LogP contribution is -2.50. The van der Waals surface area contributed by atoms with E-state index in [0.29, 0.717) is 12.4 Å². The second-order valence-corrected chi connectivity index (χ2v) is 5.07. The van der Waals surface area contributed by atoms with Crippen molar-refractivity contribution in [1.82, 2.24) is 15.2 Å². The molecule has 17 heavy (non-hydrogen) atoms. The van der Waals surface area contributed by atoms with Gasteiger partial charge in [0, 0.05) is 11.0 Å². The largest absolute Gasteiger partial charge is 0.460 e. The zero-order valence-electron chi connectivity index (χ0n) is 11.0. The smallest absolute Gasteiger partial charge is 0.378 e. The monoisotopic (exact) mass is 240 g/mol. The highest BCUT2D eigenvalue weighted by molar-refractivity contribution is 5.84. The third-order valence-electron chi connectivity index (χ3n) is 3.15. The van der Waals surface area contributed by atoms with E-state index in [1.165, 1.54) is 0 Å². The molecule has 0 spiro atoms. The molecule has 0 saturated carbocycles. The molecule has 1 heterocycles. The van der Waals surface area contributed by atoms with Crippen molar-refractivity contribution in [1.29, 1.82) is 0 Å². The van der Waals surface area contributed by atoms with Gasteiger partial charge in [0.15, 0.2) is 0 Å². The van der Waals surface area contributed by atoms with Gasteiger partial charge in [0.1, 0.15) is 5.82 Å². The van der Waals surface area contributed by atoms with Crippen LogP contribution in [0.25, 0.3) is 0 Å². The number of aromatic nitrogens is 3. The average molecular weight is 240 g/mol. The van der Waals surface area contributed by atoms with Crippen LogP contribution in [0.4, 0.5) is 0 Å². The van der Waals surface area contributed by atoms with Crippen molar-refractivity contribution in [2.24, 2.45) is 5.73 Å². The van der Waals surface area contributed by atoms with Crippen LogP contribution in [0.15, 0.2) is 0 Å². The molecule has 0 unspecified atom stereocenters. The average Bonchev–Trinajstić information content (AvgIpc) is 2.65. The Morgan fingerprint density at radius 1 is 1.41 bits per heavy atom. The fourth-order valence-corrected chi connectivity index (χ4v) is 1.13. The van der Waals surface area contributed by atoms with Crippen LogP contribution in [-0.4, -0.2) is 33.3 Å². The van der Waals surface area contributed by atoms with Gasteiger partial charge in [0.2, 0.25) is 0 Å². The van der Waals surface area contributed by atoms with Crippen molar-refractivity contribution in [3.63, 3.8) is 0 Å². The van der Waals surface area contributed by atoms with Crippen LogP contribution < -0.4 is 5.73 Å². The molecule has 0 aliphatic carbocycles. The molecule has 3 N–H and O–H groups in total. The molecule has 6 heteroatoms.